The summed E-state index contributed by atoms with van der Waals surface area (Å²) in [7, 11) is 2.10. The van der Waals surface area contributed by atoms with Crippen molar-refractivity contribution in [3.05, 3.63) is 23.7 Å². The average molecular weight is 295 g/mol. The monoisotopic (exact) mass is 294 g/mol. The summed E-state index contributed by atoms with van der Waals surface area (Å²) < 4.78 is 7.33. The van der Waals surface area contributed by atoms with Gasteiger partial charge in [0.15, 0.2) is 0 Å². The van der Waals surface area contributed by atoms with Gasteiger partial charge in [0.1, 0.15) is 6.10 Å². The van der Waals surface area contributed by atoms with Gasteiger partial charge in [-0.3, -0.25) is 0 Å². The zero-order valence-electron chi connectivity index (χ0n) is 11.1. The lowest BCUT2D eigenvalue weighted by Crippen LogP contribution is -2.36. The Morgan fingerprint density at radius 3 is 2.75 bits per heavy atom. The van der Waals surface area contributed by atoms with E-state index in [9.17, 15) is 0 Å². The highest BCUT2D eigenvalue weighted by Gasteiger charge is 2.20. The minimum atomic E-state index is 0.105. The van der Waals surface area contributed by atoms with Crippen LogP contribution in [0.1, 0.15) is 12.8 Å². The van der Waals surface area contributed by atoms with Gasteiger partial charge in [-0.05, 0) is 37.6 Å². The Morgan fingerprint density at radius 1 is 1.25 bits per heavy atom. The van der Waals surface area contributed by atoms with E-state index in [1.807, 2.05) is 0 Å². The Labute approximate surface area is 121 Å². The fourth-order valence-corrected chi connectivity index (χ4v) is 2.26. The van der Waals surface area contributed by atoms with E-state index in [1.165, 1.54) is 4.68 Å². The molecule has 8 heteroatoms. The molecule has 0 aliphatic carbocycles. The van der Waals surface area contributed by atoms with E-state index in [2.05, 4.69) is 32.0 Å². The molecule has 0 unspecified atom stereocenters. The standard InChI is InChI=1S/C12H15ClN6O/c1-18-7-3-9(4-8-18)20-12-16-10(13)15-11(17-12)19-6-2-5-14-19/h2,5-6,9H,3-4,7-8H2,1H3. The van der Waals surface area contributed by atoms with E-state index in [4.69, 9.17) is 16.3 Å². The van der Waals surface area contributed by atoms with Gasteiger partial charge in [-0.2, -0.15) is 20.1 Å². The van der Waals surface area contributed by atoms with Crippen molar-refractivity contribution in [2.24, 2.45) is 0 Å². The molecule has 1 aliphatic rings. The molecule has 0 saturated carbocycles. The largest absolute Gasteiger partial charge is 0.460 e. The van der Waals surface area contributed by atoms with Gasteiger partial charge in [0.25, 0.3) is 5.95 Å². The molecular weight excluding hydrogens is 280 g/mol. The Hall–Kier alpha value is -1.73. The molecule has 1 aliphatic heterocycles. The molecule has 7 nitrogen and oxygen atoms in total. The van der Waals surface area contributed by atoms with E-state index in [-0.39, 0.29) is 17.4 Å². The first-order valence-corrected chi connectivity index (χ1v) is 6.85. The molecule has 20 heavy (non-hydrogen) atoms. The minimum Gasteiger partial charge on any atom is -0.460 e. The van der Waals surface area contributed by atoms with Crippen LogP contribution in [0.5, 0.6) is 6.01 Å². The topological polar surface area (TPSA) is 69.0 Å². The average Bonchev–Trinajstić information content (AvgIpc) is 2.95. The fraction of sp³-hybridized carbons (Fsp3) is 0.500. The molecule has 0 atom stereocenters. The van der Waals surface area contributed by atoms with E-state index < -0.39 is 0 Å². The predicted octanol–water partition coefficient (Wildman–Crippen LogP) is 1.18. The highest BCUT2D eigenvalue weighted by Crippen LogP contribution is 2.17. The molecule has 3 heterocycles. The third-order valence-corrected chi connectivity index (χ3v) is 3.39. The number of aromatic nitrogens is 5. The van der Waals surface area contributed by atoms with E-state index in [0.717, 1.165) is 25.9 Å². The Balaban J connectivity index is 1.76. The van der Waals surface area contributed by atoms with Gasteiger partial charge in [-0.25, -0.2) is 4.68 Å². The van der Waals surface area contributed by atoms with Gasteiger partial charge in [0.2, 0.25) is 5.28 Å². The molecular formula is C12H15ClN6O. The summed E-state index contributed by atoms with van der Waals surface area (Å²) in [6, 6.07) is 2.04. The Bertz CT molecular complexity index is 567. The maximum atomic E-state index is 5.92. The molecule has 0 N–H and O–H groups in total. The molecule has 1 saturated heterocycles. The normalized spacial score (nSPS) is 17.3. The number of nitrogens with zero attached hydrogens (tertiary/aromatic N) is 6. The second-order valence-corrected chi connectivity index (χ2v) is 5.10. The summed E-state index contributed by atoms with van der Waals surface area (Å²) in [6.07, 6.45) is 5.42. The summed E-state index contributed by atoms with van der Waals surface area (Å²) in [5.41, 5.74) is 0. The highest BCUT2D eigenvalue weighted by atomic mass is 35.5. The molecule has 0 amide bonds. The first-order chi connectivity index (χ1) is 9.70. The van der Waals surface area contributed by atoms with Gasteiger partial charge < -0.3 is 9.64 Å². The number of ether oxygens (including phenoxy) is 1. The van der Waals surface area contributed by atoms with Gasteiger partial charge >= 0.3 is 6.01 Å². The maximum Gasteiger partial charge on any atom is 0.322 e. The predicted molar refractivity (Wildman–Crippen MR) is 73.1 cm³/mol. The van der Waals surface area contributed by atoms with E-state index in [0.29, 0.717) is 5.95 Å². The second-order valence-electron chi connectivity index (χ2n) is 4.76. The highest BCUT2D eigenvalue weighted by molar-refractivity contribution is 6.28. The van der Waals surface area contributed by atoms with Crippen LogP contribution in [0.2, 0.25) is 5.28 Å². The molecule has 106 valence electrons. The van der Waals surface area contributed by atoms with Crippen LogP contribution in [0.4, 0.5) is 0 Å². The fourth-order valence-electron chi connectivity index (χ4n) is 2.12. The SMILES string of the molecule is CN1CCC(Oc2nc(Cl)nc(-n3cccn3)n2)CC1. The molecule has 3 rings (SSSR count). The van der Waals surface area contributed by atoms with Gasteiger partial charge in [0, 0.05) is 25.5 Å². The van der Waals surface area contributed by atoms with Gasteiger partial charge in [0.05, 0.1) is 0 Å². The van der Waals surface area contributed by atoms with E-state index in [1.54, 1.807) is 18.5 Å². The van der Waals surface area contributed by atoms with Crippen LogP contribution in [-0.2, 0) is 0 Å². The number of halogens is 1. The summed E-state index contributed by atoms with van der Waals surface area (Å²) in [5.74, 6) is 0.359. The summed E-state index contributed by atoms with van der Waals surface area (Å²) in [6.45, 7) is 2.02. The smallest absolute Gasteiger partial charge is 0.322 e. The molecule has 2 aromatic heterocycles. The number of hydrogen-bond acceptors (Lipinski definition) is 6. The number of piperidine rings is 1. The molecule has 1 fully saturated rings. The van der Waals surface area contributed by atoms with Crippen molar-refractivity contribution in [2.75, 3.05) is 20.1 Å². The van der Waals surface area contributed by atoms with Crippen LogP contribution < -0.4 is 4.74 Å². The zero-order chi connectivity index (χ0) is 13.9. The second kappa shape index (κ2) is 5.72. The van der Waals surface area contributed by atoms with Crippen LogP contribution >= 0.6 is 11.6 Å². The first-order valence-electron chi connectivity index (χ1n) is 6.47. The summed E-state index contributed by atoms with van der Waals surface area (Å²) >= 11 is 5.92. The third-order valence-electron chi connectivity index (χ3n) is 3.22. The molecule has 0 aromatic carbocycles. The van der Waals surface area contributed by atoms with E-state index >= 15 is 0 Å². The van der Waals surface area contributed by atoms with Crippen molar-refractivity contribution < 1.29 is 4.74 Å². The van der Waals surface area contributed by atoms with Crippen molar-refractivity contribution in [1.29, 1.82) is 0 Å². The number of rotatable bonds is 3. The van der Waals surface area contributed by atoms with Crippen LogP contribution in [0, 0.1) is 0 Å². The number of likely N-dealkylation sites (tertiary alicyclic amines) is 1. The van der Waals surface area contributed by atoms with Crippen molar-refractivity contribution in [1.82, 2.24) is 29.6 Å². The Kier molecular flexibility index (Phi) is 3.79. The summed E-state index contributed by atoms with van der Waals surface area (Å²) in [4.78, 5) is 14.6. The first kappa shape index (κ1) is 13.3. The lowest BCUT2D eigenvalue weighted by atomic mass is 10.1. The van der Waals surface area contributed by atoms with Crippen LogP contribution in [0.15, 0.2) is 18.5 Å². The molecule has 0 radical (unpaired) electrons. The number of hydrogen-bond donors (Lipinski definition) is 0. The van der Waals surface area contributed by atoms with Crippen molar-refractivity contribution in [3.8, 4) is 12.0 Å². The van der Waals surface area contributed by atoms with Crippen molar-refractivity contribution in [3.63, 3.8) is 0 Å². The van der Waals surface area contributed by atoms with Crippen molar-refractivity contribution in [2.45, 2.75) is 18.9 Å². The van der Waals surface area contributed by atoms with Crippen LogP contribution in [0.25, 0.3) is 5.95 Å². The van der Waals surface area contributed by atoms with Crippen LogP contribution in [-0.4, -0.2) is 55.9 Å². The Morgan fingerprint density at radius 2 is 2.05 bits per heavy atom. The maximum absolute atomic E-state index is 5.92. The summed E-state index contributed by atoms with van der Waals surface area (Å²) in [5, 5.41) is 4.17. The lowest BCUT2D eigenvalue weighted by Gasteiger charge is -2.28. The lowest BCUT2D eigenvalue weighted by molar-refractivity contribution is 0.105. The van der Waals surface area contributed by atoms with Gasteiger partial charge in [-0.1, -0.05) is 0 Å². The molecule has 0 spiro atoms. The molecule has 2 aromatic rings. The minimum absolute atomic E-state index is 0.105. The molecule has 0 bridgehead atoms. The zero-order valence-corrected chi connectivity index (χ0v) is 11.9. The van der Waals surface area contributed by atoms with Gasteiger partial charge in [-0.15, -0.1) is 0 Å². The third kappa shape index (κ3) is 3.05. The van der Waals surface area contributed by atoms with Crippen LogP contribution in [0.3, 0.4) is 0 Å². The van der Waals surface area contributed by atoms with Crippen molar-refractivity contribution >= 4 is 11.6 Å². The quantitative estimate of drug-likeness (QED) is 0.847.